The van der Waals surface area contributed by atoms with Crippen LogP contribution in [0.3, 0.4) is 0 Å². The first-order valence-electron chi connectivity index (χ1n) is 6.83. The van der Waals surface area contributed by atoms with Crippen molar-refractivity contribution in [3.63, 3.8) is 0 Å². The highest BCUT2D eigenvalue weighted by molar-refractivity contribution is 7.11. The molecule has 3 aromatic rings. The average molecular weight is 339 g/mol. The van der Waals surface area contributed by atoms with Crippen LogP contribution in [0.5, 0.6) is 0 Å². The van der Waals surface area contributed by atoms with Crippen molar-refractivity contribution in [2.24, 2.45) is 0 Å². The van der Waals surface area contributed by atoms with Gasteiger partial charge in [-0.15, -0.1) is 11.3 Å². The highest BCUT2D eigenvalue weighted by atomic mass is 35.5. The fourth-order valence-corrected chi connectivity index (χ4v) is 3.81. The second-order valence-corrected chi connectivity index (χ2v) is 7.23. The Morgan fingerprint density at radius 1 is 1.19 bits per heavy atom. The van der Waals surface area contributed by atoms with E-state index in [1.807, 2.05) is 23.5 Å². The van der Waals surface area contributed by atoms with E-state index in [1.165, 1.54) is 9.75 Å². The number of rotatable bonds is 5. The van der Waals surface area contributed by atoms with Gasteiger partial charge < -0.3 is 9.88 Å². The maximum Gasteiger partial charge on any atom is 0.0514 e. The van der Waals surface area contributed by atoms with E-state index in [9.17, 15) is 0 Å². The monoisotopic (exact) mass is 338 g/mol. The van der Waals surface area contributed by atoms with Gasteiger partial charge in [0.25, 0.3) is 0 Å². The molecule has 0 aliphatic rings. The zero-order valence-electron chi connectivity index (χ0n) is 11.7. The van der Waals surface area contributed by atoms with Crippen LogP contribution in [0.1, 0.15) is 9.75 Å². The lowest BCUT2D eigenvalue weighted by Crippen LogP contribution is -2.18. The van der Waals surface area contributed by atoms with Crippen LogP contribution < -0.4 is 5.32 Å². The van der Waals surface area contributed by atoms with E-state index >= 15 is 0 Å². The molecule has 2 heterocycles. The molecule has 1 aromatic carbocycles. The number of nitrogens with one attached hydrogen (secondary N) is 1. The van der Waals surface area contributed by atoms with Gasteiger partial charge >= 0.3 is 0 Å². The second kappa shape index (κ2) is 6.41. The van der Waals surface area contributed by atoms with E-state index in [0.29, 0.717) is 10.0 Å². The molecule has 0 spiro atoms. The summed E-state index contributed by atoms with van der Waals surface area (Å²) >= 11 is 14.1. The Bertz CT molecular complexity index is 761. The van der Waals surface area contributed by atoms with Crippen molar-refractivity contribution in [2.45, 2.75) is 20.0 Å². The summed E-state index contributed by atoms with van der Waals surface area (Å²) in [5.74, 6) is 0. The lowest BCUT2D eigenvalue weighted by Gasteiger charge is -2.07. The second-order valence-electron chi connectivity index (χ2n) is 5.02. The first kappa shape index (κ1) is 14.9. The Morgan fingerprint density at radius 2 is 2.05 bits per heavy atom. The van der Waals surface area contributed by atoms with Gasteiger partial charge in [-0.2, -0.15) is 0 Å². The van der Waals surface area contributed by atoms with Crippen LogP contribution in [0, 0.1) is 6.92 Å². The van der Waals surface area contributed by atoms with Crippen molar-refractivity contribution in [1.29, 1.82) is 0 Å². The lowest BCUT2D eigenvalue weighted by atomic mass is 10.2. The zero-order chi connectivity index (χ0) is 14.8. The molecule has 0 atom stereocenters. The summed E-state index contributed by atoms with van der Waals surface area (Å²) in [5, 5.41) is 5.90. The van der Waals surface area contributed by atoms with Crippen LogP contribution >= 0.6 is 34.5 Å². The summed E-state index contributed by atoms with van der Waals surface area (Å²) in [6, 6.07) is 10.1. The molecule has 0 saturated heterocycles. The molecule has 2 nitrogen and oxygen atoms in total. The van der Waals surface area contributed by atoms with Crippen LogP contribution in [-0.4, -0.2) is 11.1 Å². The molecule has 3 rings (SSSR count). The van der Waals surface area contributed by atoms with Gasteiger partial charge in [-0.25, -0.2) is 0 Å². The standard InChI is InChI=1S/C16H16Cl2N2S/c1-11-2-3-13(21-11)10-19-5-7-20-6-4-14-15(18)8-12(17)9-16(14)20/h2-4,6,8-9,19H,5,7,10H2,1H3. The SMILES string of the molecule is Cc1ccc(CNCCn2ccc3c(Cl)cc(Cl)cc32)s1. The number of thiophene rings is 1. The van der Waals surface area contributed by atoms with Gasteiger partial charge in [-0.05, 0) is 37.3 Å². The van der Waals surface area contributed by atoms with Gasteiger partial charge in [-0.3, -0.25) is 0 Å². The Balaban J connectivity index is 1.63. The molecule has 0 unspecified atom stereocenters. The minimum Gasteiger partial charge on any atom is -0.346 e. The number of hydrogen-bond acceptors (Lipinski definition) is 2. The highest BCUT2D eigenvalue weighted by Crippen LogP contribution is 2.28. The highest BCUT2D eigenvalue weighted by Gasteiger charge is 2.06. The van der Waals surface area contributed by atoms with Crippen LogP contribution in [0.15, 0.2) is 36.5 Å². The minimum absolute atomic E-state index is 0.675. The Morgan fingerprint density at radius 3 is 2.81 bits per heavy atom. The van der Waals surface area contributed by atoms with Crippen LogP contribution in [0.25, 0.3) is 10.9 Å². The largest absolute Gasteiger partial charge is 0.346 e. The zero-order valence-corrected chi connectivity index (χ0v) is 14.0. The molecule has 5 heteroatoms. The van der Waals surface area contributed by atoms with E-state index in [4.69, 9.17) is 23.2 Å². The molecule has 0 saturated carbocycles. The first-order chi connectivity index (χ1) is 10.1. The van der Waals surface area contributed by atoms with Gasteiger partial charge in [0.1, 0.15) is 0 Å². The van der Waals surface area contributed by atoms with Crippen molar-refractivity contribution in [1.82, 2.24) is 9.88 Å². The topological polar surface area (TPSA) is 17.0 Å². The number of hydrogen-bond donors (Lipinski definition) is 1. The maximum absolute atomic E-state index is 6.21. The predicted molar refractivity (Wildman–Crippen MR) is 92.7 cm³/mol. The third kappa shape index (κ3) is 3.43. The van der Waals surface area contributed by atoms with Gasteiger partial charge in [0.2, 0.25) is 0 Å². The van der Waals surface area contributed by atoms with Crippen LogP contribution in [-0.2, 0) is 13.1 Å². The van der Waals surface area contributed by atoms with Crippen molar-refractivity contribution < 1.29 is 0 Å². The molecule has 2 aromatic heterocycles. The van der Waals surface area contributed by atoms with Crippen molar-refractivity contribution >= 4 is 45.4 Å². The van der Waals surface area contributed by atoms with E-state index in [1.54, 1.807) is 6.07 Å². The Kier molecular flexibility index (Phi) is 4.55. The third-order valence-corrected chi connectivity index (χ3v) is 4.96. The van der Waals surface area contributed by atoms with Gasteiger partial charge in [0.05, 0.1) is 10.5 Å². The molecule has 0 bridgehead atoms. The number of aromatic nitrogens is 1. The summed E-state index contributed by atoms with van der Waals surface area (Å²) in [5.41, 5.74) is 1.08. The minimum atomic E-state index is 0.675. The van der Waals surface area contributed by atoms with Gasteiger partial charge in [0, 0.05) is 46.0 Å². The normalized spacial score (nSPS) is 11.4. The molecule has 21 heavy (non-hydrogen) atoms. The van der Waals surface area contributed by atoms with E-state index in [0.717, 1.165) is 30.5 Å². The summed E-state index contributed by atoms with van der Waals surface area (Å²) in [4.78, 5) is 2.73. The number of aryl methyl sites for hydroxylation is 1. The summed E-state index contributed by atoms with van der Waals surface area (Å²) < 4.78 is 2.18. The fraction of sp³-hybridized carbons (Fsp3) is 0.250. The van der Waals surface area contributed by atoms with Crippen LogP contribution in [0.2, 0.25) is 10.0 Å². The van der Waals surface area contributed by atoms with Crippen molar-refractivity contribution in [3.8, 4) is 0 Å². The van der Waals surface area contributed by atoms with E-state index in [-0.39, 0.29) is 0 Å². The molecule has 110 valence electrons. The summed E-state index contributed by atoms with van der Waals surface area (Å²) in [6.07, 6.45) is 2.06. The molecule has 1 N–H and O–H groups in total. The third-order valence-electron chi connectivity index (χ3n) is 3.43. The molecule has 0 fully saturated rings. The van der Waals surface area contributed by atoms with Crippen LogP contribution in [0.4, 0.5) is 0 Å². The van der Waals surface area contributed by atoms with E-state index < -0.39 is 0 Å². The average Bonchev–Trinajstić information content (AvgIpc) is 3.02. The van der Waals surface area contributed by atoms with Crippen molar-refractivity contribution in [3.05, 3.63) is 56.3 Å². The molecule has 0 radical (unpaired) electrons. The maximum atomic E-state index is 6.21. The predicted octanol–water partition coefficient (Wildman–Crippen LogP) is 5.11. The summed E-state index contributed by atoms with van der Waals surface area (Å²) in [7, 11) is 0. The molecule has 0 amide bonds. The quantitative estimate of drug-likeness (QED) is 0.639. The number of benzene rings is 1. The Labute approximate surface area is 138 Å². The smallest absolute Gasteiger partial charge is 0.0514 e. The van der Waals surface area contributed by atoms with Crippen molar-refractivity contribution in [2.75, 3.05) is 6.54 Å². The molecular weight excluding hydrogens is 323 g/mol. The number of fused-ring (bicyclic) bond motifs is 1. The van der Waals surface area contributed by atoms with E-state index in [2.05, 4.69) is 35.1 Å². The molecule has 0 aliphatic heterocycles. The molecule has 0 aliphatic carbocycles. The van der Waals surface area contributed by atoms with Gasteiger partial charge in [-0.1, -0.05) is 23.2 Å². The fourth-order valence-electron chi connectivity index (χ4n) is 2.40. The summed E-state index contributed by atoms with van der Waals surface area (Å²) in [6.45, 7) is 4.85. The Hall–Kier alpha value is -1.000. The lowest BCUT2D eigenvalue weighted by molar-refractivity contribution is 0.613. The number of nitrogens with zero attached hydrogens (tertiary/aromatic N) is 1. The molecular formula is C16H16Cl2N2S. The number of halogens is 2. The first-order valence-corrected chi connectivity index (χ1v) is 8.40. The van der Waals surface area contributed by atoms with Gasteiger partial charge in [0.15, 0.2) is 0 Å².